The summed E-state index contributed by atoms with van der Waals surface area (Å²) in [4.78, 5) is 17.0. The quantitative estimate of drug-likeness (QED) is 0.804. The Balaban J connectivity index is 2.12. The topological polar surface area (TPSA) is 77.2 Å². The fourth-order valence-electron chi connectivity index (χ4n) is 1.62. The Bertz CT molecular complexity index is 615. The van der Waals surface area contributed by atoms with Gasteiger partial charge in [-0.1, -0.05) is 0 Å². The summed E-state index contributed by atoms with van der Waals surface area (Å²) >= 11 is 5.03. The SMILES string of the molecule is CCOC(=O)c1ccnc(NCc2cc(Br)cs2)c1N. The number of carbonyl (C=O) groups excluding carboxylic acids is 1. The first-order valence-corrected chi connectivity index (χ1v) is 7.67. The number of esters is 1. The Kier molecular flexibility index (Phi) is 4.97. The maximum absolute atomic E-state index is 11.7. The maximum atomic E-state index is 11.7. The summed E-state index contributed by atoms with van der Waals surface area (Å²) in [7, 11) is 0. The molecule has 0 bridgehead atoms. The van der Waals surface area contributed by atoms with E-state index in [-0.39, 0.29) is 0 Å². The summed E-state index contributed by atoms with van der Waals surface area (Å²) in [5.41, 5.74) is 6.59. The molecule has 0 aliphatic heterocycles. The molecule has 2 aromatic heterocycles. The number of nitrogen functional groups attached to an aromatic ring is 1. The van der Waals surface area contributed by atoms with E-state index in [1.807, 2.05) is 11.4 Å². The van der Waals surface area contributed by atoms with Crippen molar-refractivity contribution < 1.29 is 9.53 Å². The van der Waals surface area contributed by atoms with Gasteiger partial charge in [-0.3, -0.25) is 0 Å². The number of anilines is 2. The number of thiophene rings is 1. The third-order valence-corrected chi connectivity index (χ3v) is 4.23. The van der Waals surface area contributed by atoms with Crippen molar-refractivity contribution in [3.8, 4) is 0 Å². The highest BCUT2D eigenvalue weighted by molar-refractivity contribution is 9.10. The Morgan fingerprint density at radius 1 is 1.60 bits per heavy atom. The van der Waals surface area contributed by atoms with Crippen LogP contribution in [0.3, 0.4) is 0 Å². The molecule has 0 saturated carbocycles. The second-order valence-corrected chi connectivity index (χ2v) is 5.84. The number of rotatable bonds is 5. The highest BCUT2D eigenvalue weighted by Gasteiger charge is 2.14. The predicted molar refractivity (Wildman–Crippen MR) is 84.0 cm³/mol. The van der Waals surface area contributed by atoms with Crippen molar-refractivity contribution in [1.82, 2.24) is 4.98 Å². The molecule has 0 aromatic carbocycles. The first-order valence-electron chi connectivity index (χ1n) is 6.00. The van der Waals surface area contributed by atoms with Gasteiger partial charge in [0.25, 0.3) is 0 Å². The van der Waals surface area contributed by atoms with Gasteiger partial charge in [-0.05, 0) is 35.0 Å². The third-order valence-electron chi connectivity index (χ3n) is 2.54. The zero-order valence-electron chi connectivity index (χ0n) is 10.9. The summed E-state index contributed by atoms with van der Waals surface area (Å²) in [6.07, 6.45) is 1.54. The van der Waals surface area contributed by atoms with E-state index in [1.54, 1.807) is 24.3 Å². The molecule has 2 rings (SSSR count). The third kappa shape index (κ3) is 3.49. The number of pyridine rings is 1. The highest BCUT2D eigenvalue weighted by atomic mass is 79.9. The standard InChI is InChI=1S/C13H14BrN3O2S/c1-2-19-13(18)10-3-4-16-12(11(10)15)17-6-9-5-8(14)7-20-9/h3-5,7H,2,6,15H2,1H3,(H,16,17). The van der Waals surface area contributed by atoms with Gasteiger partial charge in [-0.25, -0.2) is 9.78 Å². The molecule has 0 amide bonds. The molecular formula is C13H14BrN3O2S. The zero-order valence-corrected chi connectivity index (χ0v) is 13.3. The van der Waals surface area contributed by atoms with Crippen molar-refractivity contribution in [2.75, 3.05) is 17.7 Å². The predicted octanol–water partition coefficient (Wildman–Crippen LogP) is 3.28. The van der Waals surface area contributed by atoms with Gasteiger partial charge < -0.3 is 15.8 Å². The van der Waals surface area contributed by atoms with E-state index in [9.17, 15) is 4.79 Å². The van der Waals surface area contributed by atoms with E-state index in [0.717, 1.165) is 9.35 Å². The van der Waals surface area contributed by atoms with Crippen LogP contribution in [0, 0.1) is 0 Å². The highest BCUT2D eigenvalue weighted by Crippen LogP contribution is 2.24. The van der Waals surface area contributed by atoms with Crippen LogP contribution in [0.1, 0.15) is 22.2 Å². The lowest BCUT2D eigenvalue weighted by Gasteiger charge is -2.10. The van der Waals surface area contributed by atoms with Crippen LogP contribution in [0.4, 0.5) is 11.5 Å². The van der Waals surface area contributed by atoms with Crippen molar-refractivity contribution in [3.05, 3.63) is 38.6 Å². The van der Waals surface area contributed by atoms with Crippen molar-refractivity contribution in [1.29, 1.82) is 0 Å². The minimum absolute atomic E-state index is 0.307. The number of ether oxygens (including phenoxy) is 1. The average molecular weight is 356 g/mol. The minimum atomic E-state index is -0.436. The summed E-state index contributed by atoms with van der Waals surface area (Å²) in [6, 6.07) is 3.57. The Labute approximate surface area is 129 Å². The van der Waals surface area contributed by atoms with Gasteiger partial charge in [0, 0.05) is 20.9 Å². The van der Waals surface area contributed by atoms with Crippen molar-refractivity contribution in [3.63, 3.8) is 0 Å². The molecule has 7 heteroatoms. The van der Waals surface area contributed by atoms with E-state index in [2.05, 4.69) is 26.2 Å². The molecule has 0 fully saturated rings. The number of aromatic nitrogens is 1. The van der Waals surface area contributed by atoms with Gasteiger partial charge in [0.1, 0.15) is 5.82 Å². The molecular weight excluding hydrogens is 342 g/mol. The Morgan fingerprint density at radius 2 is 2.40 bits per heavy atom. The maximum Gasteiger partial charge on any atom is 0.340 e. The van der Waals surface area contributed by atoms with Crippen LogP contribution in [0.5, 0.6) is 0 Å². The molecule has 0 radical (unpaired) electrons. The number of nitrogens with zero attached hydrogens (tertiary/aromatic N) is 1. The van der Waals surface area contributed by atoms with Crippen LogP contribution < -0.4 is 11.1 Å². The molecule has 0 aliphatic rings. The van der Waals surface area contributed by atoms with Crippen LogP contribution in [0.2, 0.25) is 0 Å². The lowest BCUT2D eigenvalue weighted by Crippen LogP contribution is -2.11. The zero-order chi connectivity index (χ0) is 14.5. The average Bonchev–Trinajstić information content (AvgIpc) is 2.83. The van der Waals surface area contributed by atoms with E-state index in [1.165, 1.54) is 6.20 Å². The second kappa shape index (κ2) is 6.71. The normalized spacial score (nSPS) is 10.3. The molecule has 20 heavy (non-hydrogen) atoms. The van der Waals surface area contributed by atoms with E-state index >= 15 is 0 Å². The number of carbonyl (C=O) groups is 1. The van der Waals surface area contributed by atoms with Crippen molar-refractivity contribution >= 4 is 44.7 Å². The molecule has 0 spiro atoms. The molecule has 0 atom stereocenters. The van der Waals surface area contributed by atoms with Crippen LogP contribution in [0.15, 0.2) is 28.2 Å². The van der Waals surface area contributed by atoms with Gasteiger partial charge in [0.15, 0.2) is 0 Å². The first-order chi connectivity index (χ1) is 9.61. The van der Waals surface area contributed by atoms with E-state index in [4.69, 9.17) is 10.5 Å². The second-order valence-electron chi connectivity index (χ2n) is 3.93. The smallest absolute Gasteiger partial charge is 0.340 e. The largest absolute Gasteiger partial charge is 0.462 e. The van der Waals surface area contributed by atoms with Gasteiger partial charge in [0.05, 0.1) is 24.4 Å². The van der Waals surface area contributed by atoms with Crippen LogP contribution in [0.25, 0.3) is 0 Å². The molecule has 0 saturated heterocycles. The summed E-state index contributed by atoms with van der Waals surface area (Å²) in [6.45, 7) is 2.66. The number of nitrogens with one attached hydrogen (secondary N) is 1. The van der Waals surface area contributed by atoms with Crippen molar-refractivity contribution in [2.45, 2.75) is 13.5 Å². The summed E-state index contributed by atoms with van der Waals surface area (Å²) < 4.78 is 5.99. The van der Waals surface area contributed by atoms with Gasteiger partial charge in [0.2, 0.25) is 0 Å². The molecule has 106 valence electrons. The van der Waals surface area contributed by atoms with Crippen LogP contribution in [-0.2, 0) is 11.3 Å². The molecule has 2 aromatic rings. The Hall–Kier alpha value is -1.60. The summed E-state index contributed by atoms with van der Waals surface area (Å²) in [5.74, 6) is 0.0504. The Morgan fingerprint density at radius 3 is 3.05 bits per heavy atom. The first kappa shape index (κ1) is 14.8. The molecule has 3 N–H and O–H groups in total. The summed E-state index contributed by atoms with van der Waals surface area (Å²) in [5, 5.41) is 5.13. The minimum Gasteiger partial charge on any atom is -0.462 e. The monoisotopic (exact) mass is 355 g/mol. The van der Waals surface area contributed by atoms with Gasteiger partial charge in [-0.15, -0.1) is 11.3 Å². The van der Waals surface area contributed by atoms with Gasteiger partial charge >= 0.3 is 5.97 Å². The van der Waals surface area contributed by atoms with Crippen LogP contribution in [-0.4, -0.2) is 17.6 Å². The number of halogens is 1. The number of hydrogen-bond acceptors (Lipinski definition) is 6. The van der Waals surface area contributed by atoms with E-state index in [0.29, 0.717) is 30.2 Å². The van der Waals surface area contributed by atoms with Crippen LogP contribution >= 0.6 is 27.3 Å². The fraction of sp³-hybridized carbons (Fsp3) is 0.231. The fourth-order valence-corrected chi connectivity index (χ4v) is 3.01. The molecule has 0 aliphatic carbocycles. The lowest BCUT2D eigenvalue weighted by molar-refractivity contribution is 0.0527. The number of hydrogen-bond donors (Lipinski definition) is 2. The molecule has 2 heterocycles. The number of nitrogens with two attached hydrogens (primary N) is 1. The molecule has 0 unspecified atom stereocenters. The van der Waals surface area contributed by atoms with Gasteiger partial charge in [-0.2, -0.15) is 0 Å². The van der Waals surface area contributed by atoms with E-state index < -0.39 is 5.97 Å². The van der Waals surface area contributed by atoms with Crippen molar-refractivity contribution in [2.24, 2.45) is 0 Å². The molecule has 5 nitrogen and oxygen atoms in total. The lowest BCUT2D eigenvalue weighted by atomic mass is 10.2.